The number of thiophene rings is 1. The first-order chi connectivity index (χ1) is 17.3. The maximum absolute atomic E-state index is 13.7. The number of thioether (sulfide) groups is 1. The molecular formula is C25H24N4O4S3. The Morgan fingerprint density at radius 1 is 1.08 bits per heavy atom. The zero-order chi connectivity index (χ0) is 25.3. The van der Waals surface area contributed by atoms with Gasteiger partial charge >= 0.3 is 0 Å². The molecule has 0 bridgehead atoms. The van der Waals surface area contributed by atoms with Crippen LogP contribution in [-0.2, 0) is 34.2 Å². The molecule has 11 heteroatoms. The number of rotatable bonds is 7. The lowest BCUT2D eigenvalue weighted by Crippen LogP contribution is -2.25. The highest BCUT2D eigenvalue weighted by molar-refractivity contribution is 7.99. The fraction of sp³-hybridized carbons (Fsp3) is 0.240. The van der Waals surface area contributed by atoms with Crippen molar-refractivity contribution in [1.29, 1.82) is 0 Å². The monoisotopic (exact) mass is 540 g/mol. The Morgan fingerprint density at radius 2 is 1.81 bits per heavy atom. The summed E-state index contributed by atoms with van der Waals surface area (Å²) in [5.74, 6) is -0.260. The molecule has 1 aliphatic rings. The van der Waals surface area contributed by atoms with Gasteiger partial charge < -0.3 is 5.32 Å². The molecule has 3 N–H and O–H groups in total. The molecule has 2 aromatic heterocycles. The van der Waals surface area contributed by atoms with Gasteiger partial charge in [0.25, 0.3) is 5.56 Å². The number of nitrogens with two attached hydrogens (primary N) is 1. The number of anilines is 1. The predicted molar refractivity (Wildman–Crippen MR) is 143 cm³/mol. The van der Waals surface area contributed by atoms with Gasteiger partial charge in [0.15, 0.2) is 5.16 Å². The van der Waals surface area contributed by atoms with E-state index in [1.54, 1.807) is 15.9 Å². The lowest BCUT2D eigenvalue weighted by Gasteiger charge is -2.14. The van der Waals surface area contributed by atoms with Crippen molar-refractivity contribution in [3.63, 3.8) is 0 Å². The number of hydrogen-bond donors (Lipinski definition) is 2. The SMILES string of the molecule is NS(=O)(=O)c1ccc(NC(=O)CSc2nc3sc4c(c3c(=O)n2Cc2ccccc2)CCCC4)cc1. The van der Waals surface area contributed by atoms with Crippen molar-refractivity contribution >= 4 is 54.9 Å². The summed E-state index contributed by atoms with van der Waals surface area (Å²) in [5, 5.41) is 9.08. The van der Waals surface area contributed by atoms with Crippen LogP contribution in [0.1, 0.15) is 28.8 Å². The largest absolute Gasteiger partial charge is 0.325 e. The number of aryl methyl sites for hydroxylation is 2. The Kier molecular flexibility index (Phi) is 6.98. The number of hydrogen-bond acceptors (Lipinski definition) is 7. The predicted octanol–water partition coefficient (Wildman–Crippen LogP) is 3.76. The summed E-state index contributed by atoms with van der Waals surface area (Å²) in [6, 6.07) is 15.4. The fourth-order valence-corrected chi connectivity index (χ4v) is 6.91. The van der Waals surface area contributed by atoms with Gasteiger partial charge in [0.05, 0.1) is 22.6 Å². The molecule has 0 spiro atoms. The van der Waals surface area contributed by atoms with Gasteiger partial charge in [-0.05, 0) is 61.1 Å². The summed E-state index contributed by atoms with van der Waals surface area (Å²) >= 11 is 2.79. The zero-order valence-corrected chi connectivity index (χ0v) is 21.7. The van der Waals surface area contributed by atoms with E-state index in [0.29, 0.717) is 17.4 Å². The maximum Gasteiger partial charge on any atom is 0.263 e. The summed E-state index contributed by atoms with van der Waals surface area (Å²) in [4.78, 5) is 33.1. The van der Waals surface area contributed by atoms with Crippen LogP contribution in [0.15, 0.2) is 69.4 Å². The highest BCUT2D eigenvalue weighted by Gasteiger charge is 2.23. The van der Waals surface area contributed by atoms with E-state index in [4.69, 9.17) is 10.1 Å². The van der Waals surface area contributed by atoms with Gasteiger partial charge in [0.2, 0.25) is 15.9 Å². The quantitative estimate of drug-likeness (QED) is 0.272. The lowest BCUT2D eigenvalue weighted by atomic mass is 9.97. The molecule has 0 aliphatic heterocycles. The number of nitrogens with zero attached hydrogens (tertiary/aromatic N) is 2. The molecule has 5 rings (SSSR count). The molecule has 186 valence electrons. The van der Waals surface area contributed by atoms with Crippen LogP contribution in [0.2, 0.25) is 0 Å². The van der Waals surface area contributed by atoms with E-state index in [-0.39, 0.29) is 22.1 Å². The number of nitrogens with one attached hydrogen (secondary N) is 1. The third kappa shape index (κ3) is 5.24. The van der Waals surface area contributed by atoms with E-state index >= 15 is 0 Å². The molecule has 1 amide bonds. The summed E-state index contributed by atoms with van der Waals surface area (Å²) in [6.45, 7) is 0.367. The van der Waals surface area contributed by atoms with Gasteiger partial charge in [-0.2, -0.15) is 0 Å². The van der Waals surface area contributed by atoms with Gasteiger partial charge in [0.1, 0.15) is 4.83 Å². The molecule has 8 nitrogen and oxygen atoms in total. The van der Waals surface area contributed by atoms with E-state index in [0.717, 1.165) is 47.0 Å². The number of aromatic nitrogens is 2. The minimum absolute atomic E-state index is 0.0315. The molecule has 0 saturated carbocycles. The van der Waals surface area contributed by atoms with Gasteiger partial charge in [-0.3, -0.25) is 14.2 Å². The highest BCUT2D eigenvalue weighted by Crippen LogP contribution is 2.34. The number of carbonyl (C=O) groups excluding carboxylic acids is 1. The first-order valence-corrected chi connectivity index (χ1v) is 14.8. The average molecular weight is 541 g/mol. The van der Waals surface area contributed by atoms with Crippen molar-refractivity contribution < 1.29 is 13.2 Å². The lowest BCUT2D eigenvalue weighted by molar-refractivity contribution is -0.113. The molecule has 2 heterocycles. The fourth-order valence-electron chi connectivity index (χ4n) is 4.29. The number of carbonyl (C=O) groups is 1. The molecule has 0 fully saturated rings. The molecule has 4 aromatic rings. The number of amides is 1. The maximum atomic E-state index is 13.7. The van der Waals surface area contributed by atoms with Gasteiger partial charge in [-0.15, -0.1) is 11.3 Å². The van der Waals surface area contributed by atoms with Crippen LogP contribution in [0.5, 0.6) is 0 Å². The molecule has 1 aliphatic carbocycles. The smallest absolute Gasteiger partial charge is 0.263 e. The Morgan fingerprint density at radius 3 is 2.53 bits per heavy atom. The van der Waals surface area contributed by atoms with Crippen LogP contribution in [-0.4, -0.2) is 29.6 Å². The van der Waals surface area contributed by atoms with Crippen LogP contribution in [0.3, 0.4) is 0 Å². The molecule has 0 atom stereocenters. The van der Waals surface area contributed by atoms with E-state index in [1.165, 1.54) is 40.9 Å². The standard InChI is InChI=1S/C25H24N4O4S3/c26-36(32,33)18-12-10-17(11-13-18)27-21(30)15-34-25-28-23-22(19-8-4-5-9-20(19)35-23)24(31)29(25)14-16-6-2-1-3-7-16/h1-3,6-7,10-13H,4-5,8-9,14-15H2,(H,27,30)(H2,26,32,33). The Hall–Kier alpha value is -2.99. The summed E-state index contributed by atoms with van der Waals surface area (Å²) < 4.78 is 24.5. The van der Waals surface area contributed by atoms with Crippen LogP contribution < -0.4 is 16.0 Å². The number of primary sulfonamides is 1. The van der Waals surface area contributed by atoms with Gasteiger partial charge in [-0.1, -0.05) is 42.1 Å². The van der Waals surface area contributed by atoms with E-state index in [2.05, 4.69) is 5.32 Å². The minimum atomic E-state index is -3.81. The normalized spacial score (nSPS) is 13.5. The molecule has 36 heavy (non-hydrogen) atoms. The first-order valence-electron chi connectivity index (χ1n) is 11.4. The minimum Gasteiger partial charge on any atom is -0.325 e. The van der Waals surface area contributed by atoms with Crippen molar-refractivity contribution in [2.75, 3.05) is 11.1 Å². The van der Waals surface area contributed by atoms with E-state index in [1.807, 2.05) is 30.3 Å². The van der Waals surface area contributed by atoms with Crippen molar-refractivity contribution in [1.82, 2.24) is 9.55 Å². The van der Waals surface area contributed by atoms with E-state index < -0.39 is 10.0 Å². The van der Waals surface area contributed by atoms with Crippen LogP contribution in [0, 0.1) is 0 Å². The summed E-state index contributed by atoms with van der Waals surface area (Å²) in [6.07, 6.45) is 4.07. The van der Waals surface area contributed by atoms with E-state index in [9.17, 15) is 18.0 Å². The van der Waals surface area contributed by atoms with Crippen molar-refractivity contribution in [2.24, 2.45) is 5.14 Å². The zero-order valence-electron chi connectivity index (χ0n) is 19.3. The Balaban J connectivity index is 1.42. The Bertz CT molecular complexity index is 1590. The van der Waals surface area contributed by atoms with Crippen LogP contribution >= 0.6 is 23.1 Å². The van der Waals surface area contributed by atoms with Crippen LogP contribution in [0.4, 0.5) is 5.69 Å². The second-order valence-corrected chi connectivity index (χ2v) is 12.2. The molecule has 0 saturated heterocycles. The molecule has 2 aromatic carbocycles. The summed E-state index contributed by atoms with van der Waals surface area (Å²) in [5.41, 5.74) is 2.50. The van der Waals surface area contributed by atoms with Crippen LogP contribution in [0.25, 0.3) is 10.2 Å². The average Bonchev–Trinajstić information content (AvgIpc) is 3.24. The third-order valence-electron chi connectivity index (χ3n) is 6.02. The second-order valence-electron chi connectivity index (χ2n) is 8.57. The van der Waals surface area contributed by atoms with Crippen molar-refractivity contribution in [3.05, 3.63) is 81.0 Å². The number of fused-ring (bicyclic) bond motifs is 3. The molecule has 0 radical (unpaired) electrons. The topological polar surface area (TPSA) is 124 Å². The second kappa shape index (κ2) is 10.2. The third-order valence-corrected chi connectivity index (χ3v) is 9.11. The van der Waals surface area contributed by atoms with Crippen molar-refractivity contribution in [2.45, 2.75) is 42.3 Å². The molecular weight excluding hydrogens is 517 g/mol. The summed E-state index contributed by atoms with van der Waals surface area (Å²) in [7, 11) is -3.81. The van der Waals surface area contributed by atoms with Gasteiger partial charge in [-0.25, -0.2) is 18.5 Å². The number of benzene rings is 2. The molecule has 0 unspecified atom stereocenters. The highest BCUT2D eigenvalue weighted by atomic mass is 32.2. The van der Waals surface area contributed by atoms with Gasteiger partial charge in [0, 0.05) is 10.6 Å². The Labute approximate surface area is 216 Å². The van der Waals surface area contributed by atoms with Crippen molar-refractivity contribution in [3.8, 4) is 0 Å². The number of sulfonamides is 1. The first kappa shape index (κ1) is 24.7.